The third-order valence-corrected chi connectivity index (χ3v) is 31.5. The fourth-order valence-electron chi connectivity index (χ4n) is 16.8. The zero-order valence-electron chi connectivity index (χ0n) is 59.7. The Hall–Kier alpha value is -10.8. The summed E-state index contributed by atoms with van der Waals surface area (Å²) in [5.41, 5.74) is 13.8. The number of para-hydroxylation sites is 2. The van der Waals surface area contributed by atoms with E-state index < -0.39 is 16.1 Å². The van der Waals surface area contributed by atoms with Crippen molar-refractivity contribution in [2.24, 2.45) is 0 Å². The van der Waals surface area contributed by atoms with Gasteiger partial charge in [0.2, 0.25) is 0 Å². The number of pyridine rings is 1. The van der Waals surface area contributed by atoms with Gasteiger partial charge >= 0.3 is 0 Å². The Morgan fingerprint density at radius 2 is 0.885 bits per heavy atom. The van der Waals surface area contributed by atoms with E-state index in [4.69, 9.17) is 9.72 Å². The van der Waals surface area contributed by atoms with Crippen molar-refractivity contribution >= 4 is 90.5 Å². The van der Waals surface area contributed by atoms with Crippen LogP contribution in [0.25, 0.3) is 72.3 Å². The minimum absolute atomic E-state index is 0. The molecule has 16 aromatic rings. The minimum Gasteiger partial charge on any atom is -0.510 e. The molecule has 1 aliphatic carbocycles. The van der Waals surface area contributed by atoms with Crippen molar-refractivity contribution in [1.82, 2.24) is 14.1 Å². The predicted octanol–water partition coefficient (Wildman–Crippen LogP) is 17.3. The van der Waals surface area contributed by atoms with Gasteiger partial charge in [-0.25, -0.2) is 4.98 Å². The Bertz CT molecular complexity index is 5450. The number of hydrogen-bond acceptors (Lipinski definition) is 2. The van der Waals surface area contributed by atoms with Gasteiger partial charge in [-0.05, 0) is 139 Å². The van der Waals surface area contributed by atoms with E-state index in [2.05, 4.69) is 396 Å². The van der Waals surface area contributed by atoms with E-state index in [0.717, 1.165) is 85.1 Å². The number of hydrogen-bond donors (Lipinski definition) is 0. The Kier molecular flexibility index (Phi) is 17.6. The maximum Gasteiger partial charge on any atom is 0.268 e. The van der Waals surface area contributed by atoms with Gasteiger partial charge in [0.25, 0.3) is 6.33 Å². The fraction of sp³-hybridized carbons (Fsp3) is 0.125. The molecule has 0 saturated carbocycles. The standard InChI is InChI=1S/C96H80N4OSi2.Pt/c1-94(2,3)70-58-61-97-90(64-70)100-87-53-27-26-50-84(87)85-55-54-73(66-89(85)100)101-72-35-30-34-71(65-72)98-67-99(93-88(98)57-56-86-91(93)96(6,7)60-59-95(86,4)5)92-82(68-32-28-48-80(62-68)102(74-36-14-8-15-37-74,75-38-16-9-17-39-75)76-40-18-10-19-41-76)51-31-52-83(92)69-33-29-49-81(63-69)103(77-42-20-11-21-43-77,78-44-22-12-23-45-78)79-46-24-13-25-47-79;/h8-58,61-64H,59-60H2,1-7H3;/q-2;. The van der Waals surface area contributed by atoms with E-state index in [1.165, 1.54) is 58.2 Å². The SMILES string of the molecule is CC(C)(C)c1ccnc(-n2c3[c-]c(Oc4[c-]c(-n5[c-][n+](-c6c(-c7cccc([Si](c8ccccc8)(c8ccccc8)c8ccccc8)c7)cccc6-c6cccc([Si](c7ccccc7)(c7ccccc7)c7ccccc7)c6)c6c7c(ccc65)C(C)(C)CCC7(C)C)ccc4)ccc3c3ccccc32)c1.[Pt]. The van der Waals surface area contributed by atoms with Crippen LogP contribution in [0.2, 0.25) is 0 Å². The molecular formula is C96H80N4OPtSi2-2. The molecule has 0 amide bonds. The molecule has 1 aliphatic rings. The molecule has 8 heteroatoms. The van der Waals surface area contributed by atoms with Crippen molar-refractivity contribution in [3.63, 3.8) is 0 Å². The second kappa shape index (κ2) is 27.1. The van der Waals surface area contributed by atoms with Gasteiger partial charge in [0.05, 0.1) is 16.7 Å². The van der Waals surface area contributed by atoms with E-state index in [-0.39, 0.29) is 37.3 Å². The van der Waals surface area contributed by atoms with Crippen LogP contribution in [0.3, 0.4) is 0 Å². The average Bonchev–Trinajstić information content (AvgIpc) is 1.23. The first-order chi connectivity index (χ1) is 50.2. The van der Waals surface area contributed by atoms with Crippen LogP contribution in [0.5, 0.6) is 11.5 Å². The Balaban J connectivity index is 0.00000833. The molecule has 3 heterocycles. The monoisotopic (exact) mass is 1560 g/mol. The van der Waals surface area contributed by atoms with Crippen molar-refractivity contribution < 1.29 is 30.4 Å². The number of rotatable bonds is 15. The molecule has 0 unspecified atom stereocenters. The van der Waals surface area contributed by atoms with E-state index >= 15 is 0 Å². The van der Waals surface area contributed by atoms with Crippen molar-refractivity contribution in [1.29, 1.82) is 0 Å². The number of fused-ring (bicyclic) bond motifs is 6. The number of ether oxygens (including phenoxy) is 1. The zero-order valence-corrected chi connectivity index (χ0v) is 64.0. The van der Waals surface area contributed by atoms with Crippen molar-refractivity contribution in [2.75, 3.05) is 0 Å². The molecule has 13 aromatic carbocycles. The largest absolute Gasteiger partial charge is 0.510 e. The summed E-state index contributed by atoms with van der Waals surface area (Å²) in [6, 6.07) is 129. The summed E-state index contributed by atoms with van der Waals surface area (Å²) in [6.07, 6.45) is 8.21. The molecule has 510 valence electrons. The summed E-state index contributed by atoms with van der Waals surface area (Å²) < 4.78 is 13.9. The molecule has 17 rings (SSSR count). The third kappa shape index (κ3) is 11.6. The topological polar surface area (TPSA) is 35.9 Å². The summed E-state index contributed by atoms with van der Waals surface area (Å²) in [6.45, 7) is 16.5. The number of aromatic nitrogens is 4. The molecule has 104 heavy (non-hydrogen) atoms. The molecule has 0 atom stereocenters. The Morgan fingerprint density at radius 3 is 1.40 bits per heavy atom. The van der Waals surface area contributed by atoms with E-state index in [0.29, 0.717) is 11.5 Å². The summed E-state index contributed by atoms with van der Waals surface area (Å²) in [4.78, 5) is 4.98. The molecule has 5 nitrogen and oxygen atoms in total. The second-order valence-corrected chi connectivity index (χ2v) is 37.7. The van der Waals surface area contributed by atoms with E-state index in [9.17, 15) is 0 Å². The van der Waals surface area contributed by atoms with Crippen LogP contribution in [0.1, 0.15) is 78.0 Å². The first-order valence-electron chi connectivity index (χ1n) is 36.1. The van der Waals surface area contributed by atoms with Crippen LogP contribution in [-0.2, 0) is 37.3 Å². The molecule has 0 aliphatic heterocycles. The molecule has 0 fully saturated rings. The minimum atomic E-state index is -3.02. The maximum atomic E-state index is 7.02. The molecular weight excluding hydrogens is 1480 g/mol. The number of nitrogens with zero attached hydrogens (tertiary/aromatic N) is 4. The predicted molar refractivity (Wildman–Crippen MR) is 432 cm³/mol. The summed E-state index contributed by atoms with van der Waals surface area (Å²) in [5.74, 6) is 1.98. The second-order valence-electron chi connectivity index (χ2n) is 30.0. The van der Waals surface area contributed by atoms with Gasteiger partial charge in [-0.1, -0.05) is 333 Å². The van der Waals surface area contributed by atoms with Crippen LogP contribution in [0, 0.1) is 18.5 Å². The Labute approximate surface area is 627 Å². The van der Waals surface area contributed by atoms with Gasteiger partial charge in [0.1, 0.15) is 5.82 Å². The van der Waals surface area contributed by atoms with Crippen molar-refractivity contribution in [3.8, 4) is 50.9 Å². The molecule has 0 spiro atoms. The summed E-state index contributed by atoms with van der Waals surface area (Å²) in [5, 5.41) is 12.7. The van der Waals surface area contributed by atoms with Gasteiger partial charge in [0.15, 0.2) is 16.1 Å². The number of imidazole rings is 1. The van der Waals surface area contributed by atoms with Crippen LogP contribution in [0.4, 0.5) is 0 Å². The zero-order chi connectivity index (χ0) is 70.1. The smallest absolute Gasteiger partial charge is 0.268 e. The molecule has 0 N–H and O–H groups in total. The van der Waals surface area contributed by atoms with Crippen LogP contribution in [-0.4, -0.2) is 30.3 Å². The average molecular weight is 1560 g/mol. The van der Waals surface area contributed by atoms with Gasteiger partial charge in [-0.15, -0.1) is 29.7 Å². The van der Waals surface area contributed by atoms with Crippen LogP contribution < -0.4 is 50.8 Å². The van der Waals surface area contributed by atoms with Crippen molar-refractivity contribution in [3.05, 3.63) is 369 Å². The van der Waals surface area contributed by atoms with Gasteiger partial charge in [-0.2, -0.15) is 18.2 Å². The third-order valence-electron chi connectivity index (χ3n) is 21.9. The Morgan fingerprint density at radius 1 is 0.423 bits per heavy atom. The van der Waals surface area contributed by atoms with Gasteiger partial charge in [-0.3, -0.25) is 4.57 Å². The normalized spacial score (nSPS) is 13.5. The fourth-order valence-corrected chi connectivity index (χ4v) is 26.4. The van der Waals surface area contributed by atoms with E-state index in [1.54, 1.807) is 0 Å². The summed E-state index contributed by atoms with van der Waals surface area (Å²) >= 11 is 0. The molecule has 3 aromatic heterocycles. The maximum absolute atomic E-state index is 7.02. The van der Waals surface area contributed by atoms with Gasteiger partial charge < -0.3 is 13.9 Å². The van der Waals surface area contributed by atoms with Crippen LogP contribution >= 0.6 is 0 Å². The molecule has 0 saturated heterocycles. The summed E-state index contributed by atoms with van der Waals surface area (Å²) in [7, 11) is -6.04. The van der Waals surface area contributed by atoms with Crippen molar-refractivity contribution in [2.45, 2.75) is 77.6 Å². The molecule has 0 bridgehead atoms. The van der Waals surface area contributed by atoms with Crippen LogP contribution in [0.15, 0.2) is 334 Å². The first-order valence-corrected chi connectivity index (χ1v) is 40.1. The first kappa shape index (κ1) is 67.7. The molecule has 0 radical (unpaired) electrons. The quantitative estimate of drug-likeness (QED) is 0.0444. The van der Waals surface area contributed by atoms with E-state index in [1.807, 2.05) is 18.3 Å². The van der Waals surface area contributed by atoms with Gasteiger partial charge in [0, 0.05) is 44.3 Å². The number of benzene rings is 13.